The van der Waals surface area contributed by atoms with E-state index in [2.05, 4.69) is 11.5 Å². The average molecular weight is 699 g/mol. The molecule has 0 fully saturated rings. The first-order chi connectivity index (χ1) is 23.4. The van der Waals surface area contributed by atoms with Gasteiger partial charge in [0.05, 0.1) is 34.0 Å². The molecule has 1 atom stereocenters. The Bertz CT molecular complexity index is 2310. The number of hydrogen-bond acceptors (Lipinski definition) is 4. The minimum Gasteiger partial charge on any atom is -0.494 e. The van der Waals surface area contributed by atoms with Crippen LogP contribution in [0.5, 0.6) is 5.75 Å². The number of amides is 1. The number of anilines is 1. The maximum atomic E-state index is 14.9. The second-order valence-corrected chi connectivity index (χ2v) is 13.7. The third kappa shape index (κ3) is 5.27. The van der Waals surface area contributed by atoms with E-state index in [-0.39, 0.29) is 11.9 Å². The van der Waals surface area contributed by atoms with Crippen molar-refractivity contribution in [3.63, 3.8) is 0 Å². The van der Waals surface area contributed by atoms with Gasteiger partial charge in [0.15, 0.2) is 0 Å². The molecule has 0 unspecified atom stereocenters. The molecule has 1 amide bonds. The van der Waals surface area contributed by atoms with Crippen molar-refractivity contribution in [1.82, 2.24) is 18.9 Å². The number of fused-ring (bicyclic) bond motifs is 4. The van der Waals surface area contributed by atoms with E-state index < -0.39 is 6.09 Å². The van der Waals surface area contributed by atoms with Gasteiger partial charge in [-0.2, -0.15) is 5.10 Å². The second-order valence-electron chi connectivity index (χ2n) is 13.0. The number of rotatable bonds is 7. The van der Waals surface area contributed by atoms with Crippen LogP contribution in [0.2, 0.25) is 10.0 Å². The molecule has 0 saturated heterocycles. The molecule has 3 aromatic heterocycles. The minimum atomic E-state index is -1.08. The van der Waals surface area contributed by atoms with Crippen LogP contribution in [0.1, 0.15) is 58.0 Å². The lowest BCUT2D eigenvalue weighted by Gasteiger charge is -2.34. The van der Waals surface area contributed by atoms with Crippen molar-refractivity contribution in [3.05, 3.63) is 98.5 Å². The number of aryl methyl sites for hydroxylation is 5. The van der Waals surface area contributed by atoms with Gasteiger partial charge in [-0.05, 0) is 101 Å². The van der Waals surface area contributed by atoms with E-state index >= 15 is 0 Å². The fraction of sp³-hybridized carbons (Fsp3) is 0.289. The molecule has 9 nitrogen and oxygen atoms in total. The van der Waals surface area contributed by atoms with Gasteiger partial charge in [-0.3, -0.25) is 14.0 Å². The molecule has 6 aromatic rings. The Kier molecular flexibility index (Phi) is 8.24. The summed E-state index contributed by atoms with van der Waals surface area (Å²) in [5.41, 5.74) is 9.24. The SMILES string of the molecule is Cc1cc(OCCCc2c3n(c4c(-c5c(C)nn(C)c5C)c(Cl)ccc24)[C@H](C)CN(c2cccc4c2ccn4C(=O)O)C3=O)cc(C)c1Cl. The zero-order valence-corrected chi connectivity index (χ0v) is 29.8. The van der Waals surface area contributed by atoms with E-state index in [1.807, 2.05) is 69.8 Å². The molecule has 1 aliphatic rings. The Hall–Kier alpha value is -4.73. The minimum absolute atomic E-state index is 0.133. The van der Waals surface area contributed by atoms with Crippen LogP contribution in [-0.4, -0.2) is 49.2 Å². The summed E-state index contributed by atoms with van der Waals surface area (Å²) in [6.45, 7) is 10.9. The van der Waals surface area contributed by atoms with Gasteiger partial charge in [0.2, 0.25) is 0 Å². The van der Waals surface area contributed by atoms with Crippen LogP contribution in [0.15, 0.2) is 54.7 Å². The Labute approximate surface area is 294 Å². The average Bonchev–Trinajstić information content (AvgIpc) is 3.72. The van der Waals surface area contributed by atoms with E-state index in [1.165, 1.54) is 10.8 Å². The van der Waals surface area contributed by atoms with Gasteiger partial charge >= 0.3 is 6.09 Å². The lowest BCUT2D eigenvalue weighted by molar-refractivity contribution is 0.0957. The number of aromatic nitrogens is 4. The number of carbonyl (C=O) groups is 2. The highest BCUT2D eigenvalue weighted by Crippen LogP contribution is 2.45. The van der Waals surface area contributed by atoms with Crippen molar-refractivity contribution in [3.8, 4) is 16.9 Å². The summed E-state index contributed by atoms with van der Waals surface area (Å²) in [4.78, 5) is 28.6. The van der Waals surface area contributed by atoms with Gasteiger partial charge in [0.25, 0.3) is 5.91 Å². The first kappa shape index (κ1) is 32.8. The van der Waals surface area contributed by atoms with Crippen LogP contribution in [0.3, 0.4) is 0 Å². The molecule has 0 spiro atoms. The lowest BCUT2D eigenvalue weighted by Crippen LogP contribution is -2.42. The first-order valence-electron chi connectivity index (χ1n) is 16.3. The Morgan fingerprint density at radius 2 is 1.76 bits per heavy atom. The van der Waals surface area contributed by atoms with E-state index in [4.69, 9.17) is 33.0 Å². The van der Waals surface area contributed by atoms with Crippen molar-refractivity contribution >= 4 is 62.7 Å². The summed E-state index contributed by atoms with van der Waals surface area (Å²) >= 11 is 13.4. The number of carbonyl (C=O) groups excluding carboxylic acids is 1. The van der Waals surface area contributed by atoms with Crippen molar-refractivity contribution in [2.45, 2.75) is 53.5 Å². The molecule has 3 aromatic carbocycles. The zero-order chi connectivity index (χ0) is 34.9. The molecule has 0 saturated carbocycles. The smallest absolute Gasteiger partial charge is 0.416 e. The van der Waals surface area contributed by atoms with Crippen LogP contribution in [-0.2, 0) is 13.5 Å². The Morgan fingerprint density at radius 3 is 2.43 bits per heavy atom. The number of hydrogen-bond donors (Lipinski definition) is 1. The summed E-state index contributed by atoms with van der Waals surface area (Å²) in [6.07, 6.45) is 1.69. The molecule has 7 rings (SSSR count). The van der Waals surface area contributed by atoms with Crippen molar-refractivity contribution in [2.75, 3.05) is 18.1 Å². The van der Waals surface area contributed by atoms with Crippen LogP contribution in [0.25, 0.3) is 32.9 Å². The molecule has 0 aliphatic carbocycles. The van der Waals surface area contributed by atoms with E-state index in [0.29, 0.717) is 53.3 Å². The molecule has 49 heavy (non-hydrogen) atoms. The molecular formula is C38H37Cl2N5O4. The van der Waals surface area contributed by atoms with E-state index in [9.17, 15) is 14.7 Å². The zero-order valence-electron chi connectivity index (χ0n) is 28.3. The summed E-state index contributed by atoms with van der Waals surface area (Å²) in [7, 11) is 1.92. The third-order valence-corrected chi connectivity index (χ3v) is 10.7. The quantitative estimate of drug-likeness (QED) is 0.168. The molecule has 0 bridgehead atoms. The lowest BCUT2D eigenvalue weighted by atomic mass is 9.98. The Morgan fingerprint density at radius 1 is 1.02 bits per heavy atom. The molecule has 1 aliphatic heterocycles. The number of benzene rings is 3. The van der Waals surface area contributed by atoms with Gasteiger partial charge in [-0.1, -0.05) is 35.3 Å². The number of carboxylic acid groups (broad SMARTS) is 1. The normalized spacial score (nSPS) is 14.7. The maximum Gasteiger partial charge on any atom is 0.416 e. The number of nitrogens with zero attached hydrogens (tertiary/aromatic N) is 5. The Balaban J connectivity index is 1.37. The predicted octanol–water partition coefficient (Wildman–Crippen LogP) is 9.30. The largest absolute Gasteiger partial charge is 0.494 e. The highest BCUT2D eigenvalue weighted by atomic mass is 35.5. The standard InChI is InChI=1S/C38H37Cl2N5O4/c1-20-17-25(18-21(2)34(20)40)49-16-8-9-26-27-12-13-29(39)33(32-23(4)41-42(6)24(32)5)35(27)45-22(3)19-44(37(46)36(26)45)31-11-7-10-30-28(31)14-15-43(30)38(47)48/h7,10-15,17-18,22H,8-9,16,19H2,1-6H3,(H,47,48)/t22-/m1/s1. The second kappa shape index (κ2) is 12.3. The maximum absolute atomic E-state index is 14.9. The predicted molar refractivity (Wildman–Crippen MR) is 195 cm³/mol. The third-order valence-electron chi connectivity index (χ3n) is 9.77. The molecule has 0 radical (unpaired) electrons. The van der Waals surface area contributed by atoms with Crippen molar-refractivity contribution in [2.24, 2.45) is 7.05 Å². The molecule has 1 N–H and O–H groups in total. The van der Waals surface area contributed by atoms with Crippen LogP contribution >= 0.6 is 23.2 Å². The highest BCUT2D eigenvalue weighted by molar-refractivity contribution is 6.35. The molecular weight excluding hydrogens is 661 g/mol. The summed E-state index contributed by atoms with van der Waals surface area (Å²) in [6, 6.07) is 14.9. The first-order valence-corrected chi connectivity index (χ1v) is 17.0. The van der Waals surface area contributed by atoms with Crippen LogP contribution in [0, 0.1) is 27.7 Å². The summed E-state index contributed by atoms with van der Waals surface area (Å²) in [5, 5.41) is 17.4. The molecule has 11 heteroatoms. The monoisotopic (exact) mass is 697 g/mol. The fourth-order valence-corrected chi connectivity index (χ4v) is 7.85. The van der Waals surface area contributed by atoms with Crippen LogP contribution < -0.4 is 9.64 Å². The number of halogens is 2. The van der Waals surface area contributed by atoms with E-state index in [0.717, 1.165) is 60.9 Å². The molecule has 4 heterocycles. The fourth-order valence-electron chi connectivity index (χ4n) is 7.49. The summed E-state index contributed by atoms with van der Waals surface area (Å²) < 4.78 is 11.4. The van der Waals surface area contributed by atoms with Crippen LogP contribution in [0.4, 0.5) is 10.5 Å². The highest BCUT2D eigenvalue weighted by Gasteiger charge is 2.37. The van der Waals surface area contributed by atoms with Crippen molar-refractivity contribution < 1.29 is 19.4 Å². The van der Waals surface area contributed by atoms with Gasteiger partial charge in [-0.15, -0.1) is 0 Å². The van der Waals surface area contributed by atoms with Gasteiger partial charge in [0.1, 0.15) is 11.4 Å². The topological polar surface area (TPSA) is 94.5 Å². The van der Waals surface area contributed by atoms with Gasteiger partial charge < -0.3 is 19.3 Å². The van der Waals surface area contributed by atoms with Crippen molar-refractivity contribution in [1.29, 1.82) is 0 Å². The number of ether oxygens (including phenoxy) is 1. The van der Waals surface area contributed by atoms with Gasteiger partial charge in [0, 0.05) is 58.4 Å². The molecule has 252 valence electrons. The van der Waals surface area contributed by atoms with Gasteiger partial charge in [-0.25, -0.2) is 4.79 Å². The summed E-state index contributed by atoms with van der Waals surface area (Å²) in [5.74, 6) is 0.614. The van der Waals surface area contributed by atoms with E-state index in [1.54, 1.807) is 23.1 Å².